The van der Waals surface area contributed by atoms with E-state index in [1.807, 2.05) is 37.3 Å². The Hall–Kier alpha value is -4.78. The van der Waals surface area contributed by atoms with Crippen LogP contribution < -0.4 is 10.6 Å². The summed E-state index contributed by atoms with van der Waals surface area (Å²) in [5, 5.41) is 17.8. The number of nitrogens with one attached hydrogen (secondary N) is 2. The van der Waals surface area contributed by atoms with Gasteiger partial charge in [0, 0.05) is 38.4 Å². The molecule has 2 heterocycles. The molecular formula is C36H45N5O7S. The number of aromatic nitrogens is 1. The van der Waals surface area contributed by atoms with Crippen LogP contribution in [0.5, 0.6) is 5.75 Å². The molecule has 0 aliphatic carbocycles. The number of likely N-dealkylation sites (N-methyl/N-ethyl adjacent to an activating group) is 2. The summed E-state index contributed by atoms with van der Waals surface area (Å²) in [6, 6.07) is 12.3. The van der Waals surface area contributed by atoms with Gasteiger partial charge in [0.2, 0.25) is 11.8 Å². The van der Waals surface area contributed by atoms with Crippen LogP contribution in [-0.4, -0.2) is 87.8 Å². The van der Waals surface area contributed by atoms with Gasteiger partial charge in [-0.25, -0.2) is 4.98 Å². The molecule has 6 unspecified atom stereocenters. The third-order valence-electron chi connectivity index (χ3n) is 8.87. The zero-order valence-electron chi connectivity index (χ0n) is 28.7. The van der Waals surface area contributed by atoms with Crippen LogP contribution in [-0.2, 0) is 36.8 Å². The largest absolute Gasteiger partial charge is 0.508 e. The van der Waals surface area contributed by atoms with Crippen LogP contribution in [0, 0.1) is 5.92 Å². The fourth-order valence-corrected chi connectivity index (χ4v) is 6.58. The summed E-state index contributed by atoms with van der Waals surface area (Å²) < 4.78 is 5.64. The molecule has 12 nitrogen and oxygen atoms in total. The Labute approximate surface area is 290 Å². The summed E-state index contributed by atoms with van der Waals surface area (Å²) in [5.41, 5.74) is 1.63. The average Bonchev–Trinajstić information content (AvgIpc) is 3.59. The van der Waals surface area contributed by atoms with Gasteiger partial charge in [0.1, 0.15) is 28.5 Å². The van der Waals surface area contributed by atoms with Crippen LogP contribution in [0.1, 0.15) is 73.2 Å². The highest BCUT2D eigenvalue weighted by molar-refractivity contribution is 7.09. The fourth-order valence-electron chi connectivity index (χ4n) is 5.78. The van der Waals surface area contributed by atoms with E-state index < -0.39 is 65.8 Å². The van der Waals surface area contributed by atoms with Gasteiger partial charge in [-0.15, -0.1) is 11.3 Å². The topological polar surface area (TPSA) is 158 Å². The third kappa shape index (κ3) is 9.23. The number of carbonyl (C=O) groups is 5. The SMILES string of the molecule is CCCC1NC(=O)c2csc(n2)C(C)NC(=O)C(Cc2ccccc2)N(C)C(=O)C(Cc2ccc(O)cc2)N(C)C(=O)C(C)OC(=O)C1C. The van der Waals surface area contributed by atoms with Crippen molar-refractivity contribution < 1.29 is 33.8 Å². The molecule has 2 aromatic carbocycles. The first-order valence-electron chi connectivity index (χ1n) is 16.4. The summed E-state index contributed by atoms with van der Waals surface area (Å²) in [4.78, 5) is 76.0. The molecule has 4 rings (SSSR count). The molecule has 0 saturated carbocycles. The molecule has 0 spiro atoms. The molecule has 3 aromatic rings. The minimum atomic E-state index is -1.26. The fraction of sp³-hybridized carbons (Fsp3) is 0.444. The second-order valence-electron chi connectivity index (χ2n) is 12.5. The highest BCUT2D eigenvalue weighted by Crippen LogP contribution is 2.23. The number of amides is 4. The number of phenols is 1. The number of carbonyl (C=O) groups excluding carboxylic acids is 5. The molecule has 49 heavy (non-hydrogen) atoms. The number of hydrogen-bond acceptors (Lipinski definition) is 9. The minimum Gasteiger partial charge on any atom is -0.508 e. The van der Waals surface area contributed by atoms with E-state index in [1.165, 1.54) is 54.3 Å². The van der Waals surface area contributed by atoms with E-state index in [1.54, 1.807) is 31.4 Å². The Balaban J connectivity index is 1.77. The molecule has 1 aromatic heterocycles. The Morgan fingerprint density at radius 1 is 0.837 bits per heavy atom. The molecule has 0 saturated heterocycles. The quantitative estimate of drug-likeness (QED) is 0.331. The lowest BCUT2D eigenvalue weighted by molar-refractivity contribution is -0.164. The molecule has 4 amide bonds. The van der Waals surface area contributed by atoms with Gasteiger partial charge in [0.15, 0.2) is 6.10 Å². The van der Waals surface area contributed by atoms with Crippen LogP contribution in [0.2, 0.25) is 0 Å². The summed E-state index contributed by atoms with van der Waals surface area (Å²) in [6.45, 7) is 6.75. The van der Waals surface area contributed by atoms with Crippen molar-refractivity contribution in [3.05, 3.63) is 81.8 Å². The van der Waals surface area contributed by atoms with E-state index >= 15 is 0 Å². The monoisotopic (exact) mass is 691 g/mol. The van der Waals surface area contributed by atoms with Gasteiger partial charge in [-0.1, -0.05) is 55.8 Å². The summed E-state index contributed by atoms with van der Waals surface area (Å²) in [7, 11) is 2.99. The zero-order chi connectivity index (χ0) is 35.8. The normalized spacial score (nSPS) is 24.7. The Morgan fingerprint density at radius 3 is 2.10 bits per heavy atom. The van der Waals surface area contributed by atoms with Gasteiger partial charge in [-0.2, -0.15) is 0 Å². The summed E-state index contributed by atoms with van der Waals surface area (Å²) >= 11 is 1.22. The number of rotatable bonds is 6. The van der Waals surface area contributed by atoms with E-state index in [0.29, 0.717) is 23.4 Å². The van der Waals surface area contributed by atoms with Crippen molar-refractivity contribution in [3.63, 3.8) is 0 Å². The van der Waals surface area contributed by atoms with Crippen LogP contribution in [0.25, 0.3) is 0 Å². The number of cyclic esters (lactones) is 1. The van der Waals surface area contributed by atoms with Gasteiger partial charge in [-0.3, -0.25) is 24.0 Å². The minimum absolute atomic E-state index is 0.0467. The first-order chi connectivity index (χ1) is 23.3. The van der Waals surface area contributed by atoms with Gasteiger partial charge >= 0.3 is 5.97 Å². The molecule has 262 valence electrons. The number of nitrogens with zero attached hydrogens (tertiary/aromatic N) is 3. The smallest absolute Gasteiger partial charge is 0.311 e. The third-order valence-corrected chi connectivity index (χ3v) is 9.90. The van der Waals surface area contributed by atoms with E-state index in [2.05, 4.69) is 15.6 Å². The van der Waals surface area contributed by atoms with Crippen molar-refractivity contribution in [2.75, 3.05) is 14.1 Å². The lowest BCUT2D eigenvalue weighted by Gasteiger charge is -2.35. The second-order valence-corrected chi connectivity index (χ2v) is 13.4. The van der Waals surface area contributed by atoms with Gasteiger partial charge in [0.25, 0.3) is 11.8 Å². The molecule has 2 bridgehead atoms. The number of phenolic OH excluding ortho intramolecular Hbond substituents is 1. The summed E-state index contributed by atoms with van der Waals surface area (Å²) in [6.07, 6.45) is 0.133. The molecule has 6 atom stereocenters. The zero-order valence-corrected chi connectivity index (χ0v) is 29.5. The van der Waals surface area contributed by atoms with E-state index in [9.17, 15) is 29.1 Å². The second kappa shape index (κ2) is 16.6. The van der Waals surface area contributed by atoms with Gasteiger partial charge in [-0.05, 0) is 50.5 Å². The first-order valence-corrected chi connectivity index (χ1v) is 17.3. The number of thiazole rings is 1. The molecule has 0 fully saturated rings. The molecule has 3 N–H and O–H groups in total. The lowest BCUT2D eigenvalue weighted by atomic mass is 9.97. The predicted octanol–water partition coefficient (Wildman–Crippen LogP) is 3.65. The predicted molar refractivity (Wildman–Crippen MR) is 185 cm³/mol. The molecule has 0 radical (unpaired) electrons. The molecule has 1 aliphatic rings. The van der Waals surface area contributed by atoms with E-state index in [-0.39, 0.29) is 24.3 Å². The molecular weight excluding hydrogens is 646 g/mol. The van der Waals surface area contributed by atoms with E-state index in [0.717, 1.165) is 5.56 Å². The van der Waals surface area contributed by atoms with Crippen LogP contribution >= 0.6 is 11.3 Å². The van der Waals surface area contributed by atoms with Crippen molar-refractivity contribution in [2.24, 2.45) is 5.92 Å². The van der Waals surface area contributed by atoms with Crippen molar-refractivity contribution in [1.82, 2.24) is 25.4 Å². The van der Waals surface area contributed by atoms with Gasteiger partial charge in [0.05, 0.1) is 12.0 Å². The highest BCUT2D eigenvalue weighted by Gasteiger charge is 2.38. The van der Waals surface area contributed by atoms with Crippen LogP contribution in [0.4, 0.5) is 0 Å². The lowest BCUT2D eigenvalue weighted by Crippen LogP contribution is -2.57. The summed E-state index contributed by atoms with van der Waals surface area (Å²) in [5.74, 6) is -3.45. The first kappa shape index (κ1) is 37.0. The average molecular weight is 692 g/mol. The molecule has 1 aliphatic heterocycles. The van der Waals surface area contributed by atoms with Gasteiger partial charge < -0.3 is 30.3 Å². The standard InChI is InChI=1S/C36H45N5O7S/c1-7-11-27-21(2)36(47)48-23(4)34(45)41(6)30(19-25-14-16-26(42)17-15-25)35(46)40(5)29(18-24-12-9-8-10-13-24)32(44)37-22(3)33-39-28(20-49-33)31(43)38-27/h8-10,12-17,20-23,27,29-30,42H,7,11,18-19H2,1-6H3,(H,37,44)(H,38,43). The maximum absolute atomic E-state index is 14.5. The molecule has 13 heteroatoms. The number of hydrogen-bond donors (Lipinski definition) is 3. The number of aromatic hydroxyl groups is 1. The van der Waals surface area contributed by atoms with Crippen molar-refractivity contribution in [1.29, 1.82) is 0 Å². The number of esters is 1. The van der Waals surface area contributed by atoms with E-state index in [4.69, 9.17) is 4.74 Å². The maximum atomic E-state index is 14.5. The van der Waals surface area contributed by atoms with Crippen LogP contribution in [0.3, 0.4) is 0 Å². The van der Waals surface area contributed by atoms with Crippen LogP contribution in [0.15, 0.2) is 60.0 Å². The Bertz CT molecular complexity index is 1630. The number of ether oxygens (including phenoxy) is 1. The maximum Gasteiger partial charge on any atom is 0.311 e. The van der Waals surface area contributed by atoms with Crippen molar-refractivity contribution >= 4 is 40.9 Å². The number of benzene rings is 2. The Kier molecular flexibility index (Phi) is 12.5. The van der Waals surface area contributed by atoms with Crippen molar-refractivity contribution in [2.45, 2.75) is 83.6 Å². The van der Waals surface area contributed by atoms with Crippen molar-refractivity contribution in [3.8, 4) is 5.75 Å². The Morgan fingerprint density at radius 2 is 1.45 bits per heavy atom. The highest BCUT2D eigenvalue weighted by atomic mass is 32.1. The number of fused-ring (bicyclic) bond motifs is 2.